The smallest absolute Gasteiger partial charge is 0.232 e. The van der Waals surface area contributed by atoms with Crippen molar-refractivity contribution in [2.45, 2.75) is 39.5 Å². The van der Waals surface area contributed by atoms with Crippen LogP contribution in [0.1, 0.15) is 49.9 Å². The molecular formula is C26H27F2N3O2S. The number of nitrogens with zero attached hydrogens (tertiary/aromatic N) is 2. The van der Waals surface area contributed by atoms with Gasteiger partial charge in [0.15, 0.2) is 10.9 Å². The highest BCUT2D eigenvalue weighted by Crippen LogP contribution is 2.40. The van der Waals surface area contributed by atoms with E-state index in [0.29, 0.717) is 16.4 Å². The first-order valence-electron chi connectivity index (χ1n) is 11.3. The lowest BCUT2D eigenvalue weighted by atomic mass is 9.84. The molecule has 34 heavy (non-hydrogen) atoms. The molecule has 178 valence electrons. The number of ketones is 1. The van der Waals surface area contributed by atoms with Crippen LogP contribution in [0.4, 0.5) is 18.9 Å². The van der Waals surface area contributed by atoms with Crippen molar-refractivity contribution < 1.29 is 18.4 Å². The van der Waals surface area contributed by atoms with Gasteiger partial charge in [-0.05, 0) is 67.8 Å². The maximum atomic E-state index is 13.5. The van der Waals surface area contributed by atoms with Crippen LogP contribution in [0.25, 0.3) is 11.3 Å². The summed E-state index contributed by atoms with van der Waals surface area (Å²) in [5, 5.41) is 4.27. The summed E-state index contributed by atoms with van der Waals surface area (Å²) in [6.45, 7) is 5.20. The summed E-state index contributed by atoms with van der Waals surface area (Å²) >= 11 is 1.39. The molecule has 0 unspecified atom stereocenters. The average molecular weight is 484 g/mol. The van der Waals surface area contributed by atoms with Gasteiger partial charge in [0.1, 0.15) is 22.3 Å². The molecule has 1 aliphatic rings. The van der Waals surface area contributed by atoms with Gasteiger partial charge in [0.2, 0.25) is 5.91 Å². The van der Waals surface area contributed by atoms with E-state index in [4.69, 9.17) is 0 Å². The number of nitrogens with one attached hydrogen (secondary N) is 1. The maximum absolute atomic E-state index is 13.5. The third-order valence-electron chi connectivity index (χ3n) is 5.97. The van der Waals surface area contributed by atoms with Gasteiger partial charge in [-0.3, -0.25) is 9.59 Å². The molecule has 2 heterocycles. The van der Waals surface area contributed by atoms with Crippen LogP contribution in [0.5, 0.6) is 0 Å². The molecule has 1 aromatic heterocycles. The number of piperidine rings is 1. The second-order valence-corrected chi connectivity index (χ2v) is 10.1. The van der Waals surface area contributed by atoms with E-state index in [0.717, 1.165) is 36.5 Å². The number of rotatable bonds is 7. The second kappa shape index (κ2) is 10.0. The molecule has 5 nitrogen and oxygen atoms in total. The minimum Gasteiger partial charge on any atom is -0.362 e. The average Bonchev–Trinajstić information content (AvgIpc) is 3.24. The number of thiazole rings is 1. The zero-order chi connectivity index (χ0) is 24.3. The summed E-state index contributed by atoms with van der Waals surface area (Å²) in [4.78, 5) is 32.7. The summed E-state index contributed by atoms with van der Waals surface area (Å²) in [6.07, 6.45) is 3.32. The molecule has 0 aliphatic carbocycles. The van der Waals surface area contributed by atoms with Crippen molar-refractivity contribution in [2.24, 2.45) is 5.41 Å². The van der Waals surface area contributed by atoms with Crippen molar-refractivity contribution in [1.29, 1.82) is 0 Å². The minimum absolute atomic E-state index is 0.0281. The van der Waals surface area contributed by atoms with Crippen molar-refractivity contribution in [1.82, 2.24) is 4.98 Å². The SMILES string of the molecule is CC(C)(CC(=O)c1ccc(F)cc1)C(=O)Nc1nc(-c2ccc(F)cc2)c(N2CCCCC2)s1. The molecule has 1 amide bonds. The molecule has 0 spiro atoms. The third kappa shape index (κ3) is 5.50. The normalized spacial score (nSPS) is 14.2. The zero-order valence-electron chi connectivity index (χ0n) is 19.2. The summed E-state index contributed by atoms with van der Waals surface area (Å²) in [6, 6.07) is 11.5. The minimum atomic E-state index is -1.00. The highest BCUT2D eigenvalue weighted by atomic mass is 32.1. The number of halogens is 2. The number of carbonyl (C=O) groups is 2. The first kappa shape index (κ1) is 24.0. The summed E-state index contributed by atoms with van der Waals surface area (Å²) in [5.41, 5.74) is 0.854. The number of carbonyl (C=O) groups excluding carboxylic acids is 2. The molecule has 1 saturated heterocycles. The molecule has 0 atom stereocenters. The lowest BCUT2D eigenvalue weighted by molar-refractivity contribution is -0.123. The molecule has 0 radical (unpaired) electrons. The van der Waals surface area contributed by atoms with Crippen LogP contribution in [0.3, 0.4) is 0 Å². The fourth-order valence-corrected chi connectivity index (χ4v) is 4.99. The molecule has 1 aliphatic heterocycles. The Balaban J connectivity index is 1.55. The Hall–Kier alpha value is -3.13. The third-order valence-corrected chi connectivity index (χ3v) is 7.01. The molecule has 1 N–H and O–H groups in total. The molecule has 8 heteroatoms. The molecular weight excluding hydrogens is 456 g/mol. The van der Waals surface area contributed by atoms with Crippen molar-refractivity contribution in [2.75, 3.05) is 23.3 Å². The lowest BCUT2D eigenvalue weighted by Crippen LogP contribution is -2.33. The van der Waals surface area contributed by atoms with Crippen LogP contribution in [0, 0.1) is 17.0 Å². The molecule has 0 bridgehead atoms. The van der Waals surface area contributed by atoms with Gasteiger partial charge >= 0.3 is 0 Å². The van der Waals surface area contributed by atoms with Gasteiger partial charge in [0.05, 0.1) is 5.41 Å². The Labute approximate surface area is 201 Å². The number of anilines is 2. The van der Waals surface area contributed by atoms with E-state index in [-0.39, 0.29) is 23.9 Å². The van der Waals surface area contributed by atoms with Crippen LogP contribution in [-0.4, -0.2) is 29.8 Å². The van der Waals surface area contributed by atoms with Crippen molar-refractivity contribution in [3.05, 3.63) is 65.7 Å². The number of aromatic nitrogens is 1. The van der Waals surface area contributed by atoms with Gasteiger partial charge in [-0.15, -0.1) is 0 Å². The quantitative estimate of drug-likeness (QED) is 0.400. The van der Waals surface area contributed by atoms with Crippen molar-refractivity contribution >= 4 is 33.2 Å². The number of hydrogen-bond acceptors (Lipinski definition) is 5. The van der Waals surface area contributed by atoms with E-state index in [9.17, 15) is 18.4 Å². The second-order valence-electron chi connectivity index (χ2n) is 9.17. The Morgan fingerprint density at radius 2 is 1.56 bits per heavy atom. The van der Waals surface area contributed by atoms with Gasteiger partial charge in [0, 0.05) is 30.6 Å². The van der Waals surface area contributed by atoms with Crippen LogP contribution in [0.15, 0.2) is 48.5 Å². The molecule has 3 aromatic rings. The van der Waals surface area contributed by atoms with E-state index < -0.39 is 11.2 Å². The fourth-order valence-electron chi connectivity index (χ4n) is 3.96. The Bertz CT molecular complexity index is 1170. The van der Waals surface area contributed by atoms with E-state index in [1.54, 1.807) is 26.0 Å². The lowest BCUT2D eigenvalue weighted by Gasteiger charge is -2.27. The topological polar surface area (TPSA) is 62.3 Å². The first-order chi connectivity index (χ1) is 16.2. The Morgan fingerprint density at radius 3 is 2.18 bits per heavy atom. The molecule has 2 aromatic carbocycles. The maximum Gasteiger partial charge on any atom is 0.232 e. The number of amides is 1. The van der Waals surface area contributed by atoms with Gasteiger partial charge < -0.3 is 10.2 Å². The van der Waals surface area contributed by atoms with Gasteiger partial charge in [-0.2, -0.15) is 0 Å². The number of hydrogen-bond donors (Lipinski definition) is 1. The first-order valence-corrected chi connectivity index (χ1v) is 12.2. The van der Waals surface area contributed by atoms with Crippen molar-refractivity contribution in [3.8, 4) is 11.3 Å². The molecule has 4 rings (SSSR count). The van der Waals surface area contributed by atoms with Crippen LogP contribution < -0.4 is 10.2 Å². The van der Waals surface area contributed by atoms with E-state index in [1.165, 1.54) is 54.2 Å². The molecule has 0 saturated carbocycles. The zero-order valence-corrected chi connectivity index (χ0v) is 20.1. The monoisotopic (exact) mass is 483 g/mol. The van der Waals surface area contributed by atoms with Gasteiger partial charge in [-0.25, -0.2) is 13.8 Å². The van der Waals surface area contributed by atoms with E-state index >= 15 is 0 Å². The van der Waals surface area contributed by atoms with E-state index in [1.807, 2.05) is 0 Å². The number of Topliss-reactive ketones (excluding diaryl/α,β-unsaturated/α-hetero) is 1. The van der Waals surface area contributed by atoms with E-state index in [2.05, 4.69) is 15.2 Å². The predicted molar refractivity (Wildman–Crippen MR) is 131 cm³/mol. The summed E-state index contributed by atoms with van der Waals surface area (Å²) in [7, 11) is 0. The largest absolute Gasteiger partial charge is 0.362 e. The summed E-state index contributed by atoms with van der Waals surface area (Å²) in [5.74, 6) is -1.30. The van der Waals surface area contributed by atoms with Gasteiger partial charge in [-0.1, -0.05) is 25.2 Å². The predicted octanol–water partition coefficient (Wildman–Crippen LogP) is 6.32. The fraction of sp³-hybridized carbons (Fsp3) is 0.346. The van der Waals surface area contributed by atoms with Crippen molar-refractivity contribution in [3.63, 3.8) is 0 Å². The van der Waals surface area contributed by atoms with Gasteiger partial charge in [0.25, 0.3) is 0 Å². The number of benzene rings is 2. The standard InChI is InChI=1S/C26H27F2N3O2S/c1-26(2,16-21(32)17-6-10-19(27)11-7-17)24(33)30-25-29-22(18-8-12-20(28)13-9-18)23(34-25)31-14-4-3-5-15-31/h6-13H,3-5,14-16H2,1-2H3,(H,29,30,33). The van der Waals surface area contributed by atoms with Crippen LogP contribution in [0.2, 0.25) is 0 Å². The molecule has 1 fully saturated rings. The Kier molecular flexibility index (Phi) is 7.07. The highest BCUT2D eigenvalue weighted by Gasteiger charge is 2.32. The van der Waals surface area contributed by atoms with Crippen LogP contribution in [-0.2, 0) is 4.79 Å². The Morgan fingerprint density at radius 1 is 0.971 bits per heavy atom. The van der Waals surface area contributed by atoms with Crippen LogP contribution >= 0.6 is 11.3 Å². The summed E-state index contributed by atoms with van der Waals surface area (Å²) < 4.78 is 26.6. The highest BCUT2D eigenvalue weighted by molar-refractivity contribution is 7.20.